The van der Waals surface area contributed by atoms with Crippen LogP contribution < -0.4 is 5.73 Å². The molecule has 3 aromatic rings. The number of benzene rings is 1. The lowest BCUT2D eigenvalue weighted by molar-refractivity contribution is 0.0526. The number of fused-ring (bicyclic) bond motifs is 1. The van der Waals surface area contributed by atoms with Gasteiger partial charge in [-0.1, -0.05) is 6.92 Å². The van der Waals surface area contributed by atoms with Crippen LogP contribution in [0, 0.1) is 13.8 Å². The Morgan fingerprint density at radius 2 is 1.81 bits per heavy atom. The largest absolute Gasteiger partial charge is 0.462 e. The van der Waals surface area contributed by atoms with Crippen LogP contribution in [0.25, 0.3) is 11.0 Å². The van der Waals surface area contributed by atoms with Crippen molar-refractivity contribution in [3.05, 3.63) is 46.9 Å². The molecule has 1 aromatic carbocycles. The Morgan fingerprint density at radius 3 is 2.44 bits per heavy atom. The number of sulfone groups is 1. The molecular weight excluding hydrogens is 428 g/mol. The maximum atomic E-state index is 12.8. The van der Waals surface area contributed by atoms with Gasteiger partial charge in [-0.2, -0.15) is 0 Å². The zero-order valence-electron chi connectivity index (χ0n) is 19.0. The van der Waals surface area contributed by atoms with Crippen molar-refractivity contribution < 1.29 is 17.9 Å². The molecule has 0 saturated heterocycles. The SMILES string of the molecule is CCCc1nc2c(N)nc(C)c(C)c2n1CCCS(=O)(=O)c1ccc(C(=O)OCC)cc1. The van der Waals surface area contributed by atoms with Gasteiger partial charge in [0, 0.05) is 18.7 Å². The number of imidazole rings is 1. The Kier molecular flexibility index (Phi) is 7.18. The standard InChI is InChI=1S/C23H30N4O4S/c1-5-8-19-26-20-21(15(3)16(4)25-22(20)24)27(19)13-7-14-32(29,30)18-11-9-17(10-12-18)23(28)31-6-2/h9-12H,5-8,13-14H2,1-4H3,(H2,24,25). The van der Waals surface area contributed by atoms with E-state index in [-0.39, 0.29) is 17.3 Å². The second kappa shape index (κ2) is 9.68. The molecule has 2 aromatic heterocycles. The smallest absolute Gasteiger partial charge is 0.338 e. The maximum Gasteiger partial charge on any atom is 0.338 e. The number of aryl methyl sites for hydroxylation is 4. The summed E-state index contributed by atoms with van der Waals surface area (Å²) in [5.74, 6) is 0.802. The van der Waals surface area contributed by atoms with Crippen molar-refractivity contribution in [2.45, 2.75) is 58.4 Å². The molecule has 2 N–H and O–H groups in total. The molecule has 9 heteroatoms. The minimum absolute atomic E-state index is 0.0183. The fraction of sp³-hybridized carbons (Fsp3) is 0.435. The summed E-state index contributed by atoms with van der Waals surface area (Å²) >= 11 is 0. The van der Waals surface area contributed by atoms with Crippen LogP contribution in [0.4, 0.5) is 5.82 Å². The van der Waals surface area contributed by atoms with Gasteiger partial charge in [-0.3, -0.25) is 0 Å². The second-order valence-electron chi connectivity index (χ2n) is 7.75. The first kappa shape index (κ1) is 23.7. The highest BCUT2D eigenvalue weighted by molar-refractivity contribution is 7.91. The minimum Gasteiger partial charge on any atom is -0.462 e. The molecule has 0 fully saturated rings. The Hall–Kier alpha value is -2.94. The Labute approximate surface area is 188 Å². The highest BCUT2D eigenvalue weighted by Crippen LogP contribution is 2.27. The van der Waals surface area contributed by atoms with Crippen LogP contribution in [-0.4, -0.2) is 41.3 Å². The molecule has 0 bridgehead atoms. The number of nitrogen functional groups attached to an aromatic ring is 1. The number of carbonyl (C=O) groups excluding carboxylic acids is 1. The Balaban J connectivity index is 1.81. The minimum atomic E-state index is -3.50. The summed E-state index contributed by atoms with van der Waals surface area (Å²) < 4.78 is 32.7. The number of pyridine rings is 1. The van der Waals surface area contributed by atoms with Gasteiger partial charge < -0.3 is 15.0 Å². The summed E-state index contributed by atoms with van der Waals surface area (Å²) in [4.78, 5) is 21.1. The summed E-state index contributed by atoms with van der Waals surface area (Å²) in [6, 6.07) is 5.87. The number of rotatable bonds is 9. The molecule has 0 amide bonds. The van der Waals surface area contributed by atoms with E-state index in [0.29, 0.717) is 29.9 Å². The summed E-state index contributed by atoms with van der Waals surface area (Å²) in [6.07, 6.45) is 2.11. The Morgan fingerprint density at radius 1 is 1.12 bits per heavy atom. The van der Waals surface area contributed by atoms with Crippen LogP contribution in [0.2, 0.25) is 0 Å². The molecule has 0 radical (unpaired) electrons. The van der Waals surface area contributed by atoms with Gasteiger partial charge in [0.15, 0.2) is 15.7 Å². The number of ether oxygens (including phenoxy) is 1. The molecule has 0 aliphatic rings. The summed E-state index contributed by atoms with van der Waals surface area (Å²) in [6.45, 7) is 8.47. The number of esters is 1. The van der Waals surface area contributed by atoms with E-state index in [9.17, 15) is 13.2 Å². The summed E-state index contributed by atoms with van der Waals surface area (Å²) in [7, 11) is -3.50. The molecule has 3 rings (SSSR count). The third-order valence-corrected chi connectivity index (χ3v) is 7.28. The zero-order valence-corrected chi connectivity index (χ0v) is 19.8. The molecule has 8 nitrogen and oxygen atoms in total. The van der Waals surface area contributed by atoms with Crippen LogP contribution in [0.3, 0.4) is 0 Å². The van der Waals surface area contributed by atoms with Crippen LogP contribution in [0.15, 0.2) is 29.2 Å². The van der Waals surface area contributed by atoms with Crippen LogP contribution in [-0.2, 0) is 27.5 Å². The van der Waals surface area contributed by atoms with Gasteiger partial charge in [-0.15, -0.1) is 0 Å². The molecule has 0 saturated carbocycles. The number of carbonyl (C=O) groups is 1. The monoisotopic (exact) mass is 458 g/mol. The molecular formula is C23H30N4O4S. The molecule has 172 valence electrons. The second-order valence-corrected chi connectivity index (χ2v) is 9.86. The van der Waals surface area contributed by atoms with Gasteiger partial charge in [-0.05, 0) is 63.4 Å². The lowest BCUT2D eigenvalue weighted by Crippen LogP contribution is -2.12. The maximum absolute atomic E-state index is 12.8. The van der Waals surface area contributed by atoms with E-state index in [4.69, 9.17) is 15.5 Å². The van der Waals surface area contributed by atoms with E-state index in [2.05, 4.69) is 16.5 Å². The highest BCUT2D eigenvalue weighted by Gasteiger charge is 2.19. The average Bonchev–Trinajstić information content (AvgIpc) is 3.11. The molecule has 0 aliphatic heterocycles. The van der Waals surface area contributed by atoms with Crippen molar-refractivity contribution in [2.75, 3.05) is 18.1 Å². The van der Waals surface area contributed by atoms with Crippen molar-refractivity contribution in [1.82, 2.24) is 14.5 Å². The van der Waals surface area contributed by atoms with E-state index in [1.54, 1.807) is 6.92 Å². The van der Waals surface area contributed by atoms with Crippen molar-refractivity contribution in [2.24, 2.45) is 0 Å². The van der Waals surface area contributed by atoms with Gasteiger partial charge >= 0.3 is 5.97 Å². The van der Waals surface area contributed by atoms with Gasteiger partial charge in [0.2, 0.25) is 0 Å². The van der Waals surface area contributed by atoms with Crippen molar-refractivity contribution in [3.63, 3.8) is 0 Å². The van der Waals surface area contributed by atoms with Crippen molar-refractivity contribution in [1.29, 1.82) is 0 Å². The molecule has 0 atom stereocenters. The summed E-state index contributed by atoms with van der Waals surface area (Å²) in [5, 5.41) is 0. The fourth-order valence-electron chi connectivity index (χ4n) is 3.75. The van der Waals surface area contributed by atoms with E-state index >= 15 is 0 Å². The van der Waals surface area contributed by atoms with Gasteiger partial charge in [0.25, 0.3) is 0 Å². The highest BCUT2D eigenvalue weighted by atomic mass is 32.2. The molecule has 0 aliphatic carbocycles. The topological polar surface area (TPSA) is 117 Å². The van der Waals surface area contributed by atoms with Gasteiger partial charge in [0.1, 0.15) is 11.3 Å². The fourth-order valence-corrected chi connectivity index (χ4v) is 5.04. The van der Waals surface area contributed by atoms with Crippen LogP contribution in [0.5, 0.6) is 0 Å². The van der Waals surface area contributed by atoms with Crippen LogP contribution in [0.1, 0.15) is 54.1 Å². The third kappa shape index (κ3) is 4.77. The lowest BCUT2D eigenvalue weighted by Gasteiger charge is -2.12. The van der Waals surface area contributed by atoms with E-state index in [1.807, 2.05) is 13.8 Å². The molecule has 2 heterocycles. The van der Waals surface area contributed by atoms with Crippen molar-refractivity contribution in [3.8, 4) is 0 Å². The number of nitrogens with two attached hydrogens (primary N) is 1. The quantitative estimate of drug-likeness (QED) is 0.487. The van der Waals surface area contributed by atoms with Crippen LogP contribution >= 0.6 is 0 Å². The van der Waals surface area contributed by atoms with E-state index in [0.717, 1.165) is 35.4 Å². The first-order valence-corrected chi connectivity index (χ1v) is 12.5. The molecule has 0 spiro atoms. The Bertz CT molecular complexity index is 1230. The number of hydrogen-bond acceptors (Lipinski definition) is 7. The number of nitrogens with zero attached hydrogens (tertiary/aromatic N) is 3. The van der Waals surface area contributed by atoms with E-state index in [1.165, 1.54) is 24.3 Å². The van der Waals surface area contributed by atoms with Gasteiger partial charge in [-0.25, -0.2) is 23.2 Å². The lowest BCUT2D eigenvalue weighted by atomic mass is 10.2. The van der Waals surface area contributed by atoms with E-state index < -0.39 is 15.8 Å². The molecule has 0 unspecified atom stereocenters. The normalized spacial score (nSPS) is 11.8. The van der Waals surface area contributed by atoms with Gasteiger partial charge in [0.05, 0.1) is 28.3 Å². The number of aromatic nitrogens is 3. The number of hydrogen-bond donors (Lipinski definition) is 1. The zero-order chi connectivity index (χ0) is 23.5. The predicted octanol–water partition coefficient (Wildman–Crippen LogP) is 3.62. The first-order valence-electron chi connectivity index (χ1n) is 10.8. The predicted molar refractivity (Wildman–Crippen MR) is 124 cm³/mol. The average molecular weight is 459 g/mol. The first-order chi connectivity index (χ1) is 15.2. The number of anilines is 1. The third-order valence-electron chi connectivity index (χ3n) is 5.47. The molecule has 32 heavy (non-hydrogen) atoms. The van der Waals surface area contributed by atoms with Crippen molar-refractivity contribution >= 4 is 32.7 Å². The summed E-state index contributed by atoms with van der Waals surface area (Å²) in [5.41, 5.74) is 9.89.